The molecule has 1 heterocycles. The molecule has 0 bridgehead atoms. The summed E-state index contributed by atoms with van der Waals surface area (Å²) in [5, 5.41) is 0. The molecule has 18 heavy (non-hydrogen) atoms. The third-order valence-electron chi connectivity index (χ3n) is 3.61. The number of aryl methyl sites for hydroxylation is 2. The maximum atomic E-state index is 6.20. The molecule has 0 atom stereocenters. The first-order valence-corrected chi connectivity index (χ1v) is 6.47. The first-order valence-electron chi connectivity index (χ1n) is 6.47. The Morgan fingerprint density at radius 2 is 1.78 bits per heavy atom. The van der Waals surface area contributed by atoms with Gasteiger partial charge in [-0.1, -0.05) is 17.2 Å². The van der Waals surface area contributed by atoms with E-state index in [0.29, 0.717) is 5.92 Å². The second kappa shape index (κ2) is 3.87. The molecule has 0 aliphatic heterocycles. The first kappa shape index (κ1) is 11.3. The van der Waals surface area contributed by atoms with Gasteiger partial charge in [-0.2, -0.15) is 0 Å². The summed E-state index contributed by atoms with van der Waals surface area (Å²) in [4.78, 5) is 4.76. The summed E-state index contributed by atoms with van der Waals surface area (Å²) in [5.74, 6) is 2.54. The predicted octanol–water partition coefficient (Wildman–Crippen LogP) is 3.16. The number of nitrogens with two attached hydrogens (primary N) is 1. The van der Waals surface area contributed by atoms with Crippen molar-refractivity contribution in [2.75, 3.05) is 5.73 Å². The van der Waals surface area contributed by atoms with Crippen LogP contribution in [0.1, 0.15) is 35.7 Å². The lowest BCUT2D eigenvalue weighted by atomic mass is 10.1. The first-order chi connectivity index (χ1) is 8.56. The standard InChI is InChI=1S/C15H19N3/c1-9-6-10(2)8-12(7-9)13-14(16)18(3)15(17-13)11-4-5-11/h6-8,11H,4-5,16H2,1-3H3. The minimum atomic E-state index is 0.622. The van der Waals surface area contributed by atoms with Gasteiger partial charge in [-0.25, -0.2) is 4.98 Å². The Bertz CT molecular complexity index is 586. The van der Waals surface area contributed by atoms with Gasteiger partial charge in [-0.3, -0.25) is 0 Å². The molecule has 3 nitrogen and oxygen atoms in total. The van der Waals surface area contributed by atoms with Gasteiger partial charge in [0, 0.05) is 18.5 Å². The Balaban J connectivity index is 2.13. The average molecular weight is 241 g/mol. The summed E-state index contributed by atoms with van der Waals surface area (Å²) >= 11 is 0. The van der Waals surface area contributed by atoms with E-state index in [0.717, 1.165) is 22.9 Å². The third-order valence-corrected chi connectivity index (χ3v) is 3.61. The normalized spacial score (nSPS) is 15.1. The summed E-state index contributed by atoms with van der Waals surface area (Å²) in [6, 6.07) is 6.48. The number of hydrogen-bond acceptors (Lipinski definition) is 2. The van der Waals surface area contributed by atoms with Crippen molar-refractivity contribution in [3.8, 4) is 11.3 Å². The quantitative estimate of drug-likeness (QED) is 0.877. The topological polar surface area (TPSA) is 43.8 Å². The van der Waals surface area contributed by atoms with E-state index in [1.165, 1.54) is 24.0 Å². The summed E-state index contributed by atoms with van der Waals surface area (Å²) in [7, 11) is 2.02. The zero-order chi connectivity index (χ0) is 12.9. The highest BCUT2D eigenvalue weighted by Gasteiger charge is 2.29. The highest BCUT2D eigenvalue weighted by molar-refractivity contribution is 5.72. The van der Waals surface area contributed by atoms with E-state index < -0.39 is 0 Å². The van der Waals surface area contributed by atoms with Crippen LogP contribution in [0.15, 0.2) is 18.2 Å². The molecule has 2 N–H and O–H groups in total. The van der Waals surface area contributed by atoms with Crippen LogP contribution in [0.5, 0.6) is 0 Å². The zero-order valence-electron chi connectivity index (χ0n) is 11.2. The SMILES string of the molecule is Cc1cc(C)cc(-c2nc(C3CC3)n(C)c2N)c1. The maximum absolute atomic E-state index is 6.20. The smallest absolute Gasteiger partial charge is 0.131 e. The fourth-order valence-corrected chi connectivity index (χ4v) is 2.56. The number of hydrogen-bond donors (Lipinski definition) is 1. The monoisotopic (exact) mass is 241 g/mol. The average Bonchev–Trinajstić information content (AvgIpc) is 3.07. The molecule has 1 fully saturated rings. The van der Waals surface area contributed by atoms with Crippen molar-refractivity contribution in [2.45, 2.75) is 32.6 Å². The van der Waals surface area contributed by atoms with Crippen molar-refractivity contribution in [3.05, 3.63) is 35.2 Å². The van der Waals surface area contributed by atoms with Gasteiger partial charge in [0.1, 0.15) is 17.3 Å². The molecule has 0 radical (unpaired) electrons. The molecular weight excluding hydrogens is 222 g/mol. The van der Waals surface area contributed by atoms with Gasteiger partial charge in [-0.15, -0.1) is 0 Å². The summed E-state index contributed by atoms with van der Waals surface area (Å²) in [6.45, 7) is 4.22. The molecular formula is C15H19N3. The Hall–Kier alpha value is -1.77. The lowest BCUT2D eigenvalue weighted by molar-refractivity contribution is 0.807. The van der Waals surface area contributed by atoms with Crippen molar-refractivity contribution in [3.63, 3.8) is 0 Å². The fraction of sp³-hybridized carbons (Fsp3) is 0.400. The van der Waals surface area contributed by atoms with Crippen molar-refractivity contribution in [2.24, 2.45) is 7.05 Å². The molecule has 0 spiro atoms. The fourth-order valence-electron chi connectivity index (χ4n) is 2.56. The molecule has 0 amide bonds. The Morgan fingerprint density at radius 3 is 2.33 bits per heavy atom. The van der Waals surface area contributed by atoms with Gasteiger partial charge in [-0.05, 0) is 38.8 Å². The maximum Gasteiger partial charge on any atom is 0.131 e. The van der Waals surface area contributed by atoms with Crippen molar-refractivity contribution in [1.82, 2.24) is 9.55 Å². The van der Waals surface area contributed by atoms with Crippen molar-refractivity contribution in [1.29, 1.82) is 0 Å². The molecule has 0 unspecified atom stereocenters. The lowest BCUT2D eigenvalue weighted by Crippen LogP contribution is -2.00. The van der Waals surface area contributed by atoms with Crippen LogP contribution < -0.4 is 5.73 Å². The summed E-state index contributed by atoms with van der Waals surface area (Å²) in [6.07, 6.45) is 2.49. The van der Waals surface area contributed by atoms with E-state index in [2.05, 4.69) is 32.0 Å². The number of rotatable bonds is 2. The van der Waals surface area contributed by atoms with Gasteiger partial charge in [0.15, 0.2) is 0 Å². The van der Waals surface area contributed by atoms with Gasteiger partial charge < -0.3 is 10.3 Å². The van der Waals surface area contributed by atoms with E-state index in [-0.39, 0.29) is 0 Å². The van der Waals surface area contributed by atoms with E-state index >= 15 is 0 Å². The van der Waals surface area contributed by atoms with Crippen LogP contribution in [0.3, 0.4) is 0 Å². The third kappa shape index (κ3) is 1.80. The molecule has 2 aromatic rings. The zero-order valence-corrected chi connectivity index (χ0v) is 11.2. The number of nitrogens with zero attached hydrogens (tertiary/aromatic N) is 2. The van der Waals surface area contributed by atoms with Gasteiger partial charge in [0.25, 0.3) is 0 Å². The highest BCUT2D eigenvalue weighted by Crippen LogP contribution is 2.41. The molecule has 1 aliphatic rings. The molecule has 0 saturated heterocycles. The molecule has 1 aliphatic carbocycles. The van der Waals surface area contributed by atoms with Crippen LogP contribution in [0.4, 0.5) is 5.82 Å². The molecule has 3 heteroatoms. The minimum absolute atomic E-state index is 0.622. The van der Waals surface area contributed by atoms with E-state index in [4.69, 9.17) is 10.7 Å². The number of aromatic nitrogens is 2. The van der Waals surface area contributed by atoms with Crippen molar-refractivity contribution >= 4 is 5.82 Å². The molecule has 1 aromatic heterocycles. The van der Waals surface area contributed by atoms with Crippen molar-refractivity contribution < 1.29 is 0 Å². The van der Waals surface area contributed by atoms with E-state index in [1.807, 2.05) is 11.6 Å². The Kier molecular flexibility index (Phi) is 2.44. The van der Waals surface area contributed by atoms with Crippen LogP contribution in [-0.4, -0.2) is 9.55 Å². The summed E-state index contributed by atoms with van der Waals surface area (Å²) < 4.78 is 2.05. The van der Waals surface area contributed by atoms with Crippen LogP contribution in [-0.2, 0) is 7.05 Å². The molecule has 1 saturated carbocycles. The molecule has 3 rings (SSSR count). The summed E-state index contributed by atoms with van der Waals surface area (Å²) in [5.41, 5.74) is 10.8. The van der Waals surface area contributed by atoms with Gasteiger partial charge >= 0.3 is 0 Å². The van der Waals surface area contributed by atoms with Crippen LogP contribution in [0.2, 0.25) is 0 Å². The second-order valence-electron chi connectivity index (χ2n) is 5.41. The number of imidazole rings is 1. The number of anilines is 1. The minimum Gasteiger partial charge on any atom is -0.383 e. The Morgan fingerprint density at radius 1 is 1.17 bits per heavy atom. The number of benzene rings is 1. The highest BCUT2D eigenvalue weighted by atomic mass is 15.1. The van der Waals surface area contributed by atoms with Gasteiger partial charge in [0.2, 0.25) is 0 Å². The van der Waals surface area contributed by atoms with Crippen LogP contribution in [0.25, 0.3) is 11.3 Å². The van der Waals surface area contributed by atoms with E-state index in [1.54, 1.807) is 0 Å². The number of nitrogen functional groups attached to an aromatic ring is 1. The predicted molar refractivity (Wildman–Crippen MR) is 74.5 cm³/mol. The van der Waals surface area contributed by atoms with Crippen LogP contribution in [0, 0.1) is 13.8 Å². The largest absolute Gasteiger partial charge is 0.383 e. The molecule has 1 aromatic carbocycles. The lowest BCUT2D eigenvalue weighted by Gasteiger charge is -2.04. The van der Waals surface area contributed by atoms with Gasteiger partial charge in [0.05, 0.1) is 0 Å². The van der Waals surface area contributed by atoms with Crippen LogP contribution >= 0.6 is 0 Å². The van der Waals surface area contributed by atoms with E-state index in [9.17, 15) is 0 Å². The second-order valence-corrected chi connectivity index (χ2v) is 5.41. The Labute approximate surface area is 108 Å². The molecule has 94 valence electrons.